The summed E-state index contributed by atoms with van der Waals surface area (Å²) in [6.45, 7) is 10.8. The van der Waals surface area contributed by atoms with E-state index in [9.17, 15) is 4.79 Å². The summed E-state index contributed by atoms with van der Waals surface area (Å²) in [7, 11) is 0. The number of anilines is 1. The summed E-state index contributed by atoms with van der Waals surface area (Å²) >= 11 is 0. The quantitative estimate of drug-likeness (QED) is 0.790. The fraction of sp³-hybridized carbons (Fsp3) is 0.450. The highest BCUT2D eigenvalue weighted by Crippen LogP contribution is 2.24. The molecule has 1 fully saturated rings. The fourth-order valence-corrected chi connectivity index (χ4v) is 3.09. The maximum Gasteiger partial charge on any atom is 0.318 e. The summed E-state index contributed by atoms with van der Waals surface area (Å²) in [6, 6.07) is 8.88. The van der Waals surface area contributed by atoms with Crippen molar-refractivity contribution in [1.82, 2.24) is 15.1 Å². The number of amides is 1. The minimum absolute atomic E-state index is 0.0654. The number of carbonyl (C=O) groups is 1. The minimum Gasteiger partial charge on any atom is -0.408 e. The van der Waals surface area contributed by atoms with Crippen molar-refractivity contribution in [3.05, 3.63) is 47.4 Å². The van der Waals surface area contributed by atoms with Gasteiger partial charge in [0.2, 0.25) is 11.8 Å². The number of rotatable bonds is 4. The second kappa shape index (κ2) is 7.72. The van der Waals surface area contributed by atoms with Crippen LogP contribution >= 0.6 is 0 Å². The van der Waals surface area contributed by atoms with E-state index in [1.165, 1.54) is 5.56 Å². The maximum atomic E-state index is 12.8. The Labute approximate surface area is 154 Å². The molecule has 26 heavy (non-hydrogen) atoms. The third-order valence-corrected chi connectivity index (χ3v) is 4.66. The molecule has 6 heteroatoms. The van der Waals surface area contributed by atoms with Gasteiger partial charge in [-0.15, -0.1) is 5.10 Å². The molecule has 0 saturated carbocycles. The zero-order chi connectivity index (χ0) is 18.7. The Balaban J connectivity index is 1.68. The number of piperazine rings is 1. The molecule has 1 aliphatic rings. The van der Waals surface area contributed by atoms with E-state index in [0.717, 1.165) is 11.1 Å². The first-order valence-corrected chi connectivity index (χ1v) is 9.06. The van der Waals surface area contributed by atoms with Crippen LogP contribution in [0.25, 0.3) is 5.57 Å². The minimum atomic E-state index is 0.0654. The van der Waals surface area contributed by atoms with Crippen LogP contribution in [-0.4, -0.2) is 47.2 Å². The van der Waals surface area contributed by atoms with Gasteiger partial charge in [0.1, 0.15) is 0 Å². The molecule has 0 N–H and O–H groups in total. The van der Waals surface area contributed by atoms with E-state index < -0.39 is 0 Å². The Kier molecular flexibility index (Phi) is 5.40. The van der Waals surface area contributed by atoms with E-state index in [0.29, 0.717) is 38.1 Å². The maximum absolute atomic E-state index is 12.8. The predicted octanol–water partition coefficient (Wildman–Crippen LogP) is 3.07. The van der Waals surface area contributed by atoms with Crippen LogP contribution in [0.4, 0.5) is 6.01 Å². The standard InChI is InChI=1S/C20H26N4O2/c1-14(2)18(17-7-5-15(3)6-8-17)13-19(25)23-9-11-24(12-10-23)20-22-21-16(4)26-20/h5-8,13-14H,9-12H2,1-4H3/b18-13+. The predicted molar refractivity (Wildman–Crippen MR) is 102 cm³/mol. The van der Waals surface area contributed by atoms with Crippen LogP contribution in [0, 0.1) is 19.8 Å². The SMILES string of the molecule is Cc1ccc(/C(=C/C(=O)N2CCN(c3nnc(C)o3)CC2)C(C)C)cc1. The topological polar surface area (TPSA) is 62.5 Å². The number of nitrogens with zero attached hydrogens (tertiary/aromatic N) is 4. The zero-order valence-electron chi connectivity index (χ0n) is 15.9. The molecule has 1 aromatic heterocycles. The molecule has 0 radical (unpaired) electrons. The molecule has 6 nitrogen and oxygen atoms in total. The molecule has 1 aromatic carbocycles. The molecule has 0 atom stereocenters. The average Bonchev–Trinajstić information content (AvgIpc) is 3.07. The van der Waals surface area contributed by atoms with Gasteiger partial charge in [0.25, 0.3) is 0 Å². The van der Waals surface area contributed by atoms with E-state index >= 15 is 0 Å². The van der Waals surface area contributed by atoms with Gasteiger partial charge in [-0.05, 0) is 24.0 Å². The summed E-state index contributed by atoms with van der Waals surface area (Å²) in [5.74, 6) is 0.904. The molecule has 0 unspecified atom stereocenters. The van der Waals surface area contributed by atoms with Gasteiger partial charge in [0.15, 0.2) is 0 Å². The average molecular weight is 354 g/mol. The van der Waals surface area contributed by atoms with Crippen molar-refractivity contribution in [3.63, 3.8) is 0 Å². The lowest BCUT2D eigenvalue weighted by atomic mass is 9.94. The van der Waals surface area contributed by atoms with Crippen LogP contribution in [0.1, 0.15) is 30.9 Å². The zero-order valence-corrected chi connectivity index (χ0v) is 15.9. The fourth-order valence-electron chi connectivity index (χ4n) is 3.09. The van der Waals surface area contributed by atoms with Crippen LogP contribution in [-0.2, 0) is 4.79 Å². The number of hydrogen-bond donors (Lipinski definition) is 0. The third-order valence-electron chi connectivity index (χ3n) is 4.66. The van der Waals surface area contributed by atoms with Gasteiger partial charge < -0.3 is 14.2 Å². The Bertz CT molecular complexity index is 784. The second-order valence-corrected chi connectivity index (χ2v) is 7.04. The van der Waals surface area contributed by atoms with Gasteiger partial charge in [0.05, 0.1) is 0 Å². The highest BCUT2D eigenvalue weighted by atomic mass is 16.4. The van der Waals surface area contributed by atoms with E-state index in [-0.39, 0.29) is 11.8 Å². The summed E-state index contributed by atoms with van der Waals surface area (Å²) in [5, 5.41) is 7.92. The van der Waals surface area contributed by atoms with Crippen LogP contribution in [0.5, 0.6) is 0 Å². The molecule has 0 bridgehead atoms. The lowest BCUT2D eigenvalue weighted by molar-refractivity contribution is -0.126. The highest BCUT2D eigenvalue weighted by molar-refractivity contribution is 5.95. The molecule has 1 saturated heterocycles. The highest BCUT2D eigenvalue weighted by Gasteiger charge is 2.23. The number of benzene rings is 1. The molecule has 138 valence electrons. The first kappa shape index (κ1) is 18.2. The van der Waals surface area contributed by atoms with E-state index in [4.69, 9.17) is 4.42 Å². The number of aryl methyl sites for hydroxylation is 2. The molecule has 2 heterocycles. The first-order chi connectivity index (χ1) is 12.4. The van der Waals surface area contributed by atoms with Crippen LogP contribution in [0.3, 0.4) is 0 Å². The van der Waals surface area contributed by atoms with Crippen molar-refractivity contribution in [2.75, 3.05) is 31.1 Å². The van der Waals surface area contributed by atoms with Crippen molar-refractivity contribution < 1.29 is 9.21 Å². The number of aromatic nitrogens is 2. The Morgan fingerprint density at radius 3 is 2.27 bits per heavy atom. The Morgan fingerprint density at radius 2 is 1.73 bits per heavy atom. The van der Waals surface area contributed by atoms with Gasteiger partial charge >= 0.3 is 6.01 Å². The van der Waals surface area contributed by atoms with Crippen LogP contribution < -0.4 is 4.90 Å². The molecule has 1 aliphatic heterocycles. The van der Waals surface area contributed by atoms with Crippen LogP contribution in [0.15, 0.2) is 34.8 Å². The van der Waals surface area contributed by atoms with Crippen molar-refractivity contribution in [1.29, 1.82) is 0 Å². The summed E-state index contributed by atoms with van der Waals surface area (Å²) in [5.41, 5.74) is 3.40. The molecular formula is C20H26N4O2. The second-order valence-electron chi connectivity index (χ2n) is 7.04. The smallest absolute Gasteiger partial charge is 0.318 e. The van der Waals surface area contributed by atoms with Gasteiger partial charge in [-0.1, -0.05) is 48.8 Å². The largest absolute Gasteiger partial charge is 0.408 e. The first-order valence-electron chi connectivity index (χ1n) is 9.06. The van der Waals surface area contributed by atoms with E-state index in [2.05, 4.69) is 55.2 Å². The monoisotopic (exact) mass is 354 g/mol. The summed E-state index contributed by atoms with van der Waals surface area (Å²) in [4.78, 5) is 16.7. The van der Waals surface area contributed by atoms with Crippen LogP contribution in [0.2, 0.25) is 0 Å². The molecular weight excluding hydrogens is 328 g/mol. The Hall–Kier alpha value is -2.63. The number of carbonyl (C=O) groups excluding carboxylic acids is 1. The van der Waals surface area contributed by atoms with Gasteiger partial charge in [-0.25, -0.2) is 0 Å². The summed E-state index contributed by atoms with van der Waals surface area (Å²) in [6.07, 6.45) is 1.79. The lowest BCUT2D eigenvalue weighted by Gasteiger charge is -2.33. The van der Waals surface area contributed by atoms with Gasteiger partial charge in [-0.3, -0.25) is 4.79 Å². The van der Waals surface area contributed by atoms with E-state index in [1.54, 1.807) is 13.0 Å². The van der Waals surface area contributed by atoms with Crippen molar-refractivity contribution in [2.45, 2.75) is 27.7 Å². The normalized spacial score (nSPS) is 15.7. The Morgan fingerprint density at radius 1 is 1.08 bits per heavy atom. The number of allylic oxidation sites excluding steroid dienone is 1. The molecule has 0 aliphatic carbocycles. The molecule has 1 amide bonds. The van der Waals surface area contributed by atoms with E-state index in [1.807, 2.05) is 9.80 Å². The lowest BCUT2D eigenvalue weighted by Crippen LogP contribution is -2.48. The van der Waals surface area contributed by atoms with Crippen molar-refractivity contribution in [2.24, 2.45) is 5.92 Å². The van der Waals surface area contributed by atoms with Gasteiger partial charge in [0, 0.05) is 39.2 Å². The van der Waals surface area contributed by atoms with Crippen molar-refractivity contribution in [3.8, 4) is 0 Å². The summed E-state index contributed by atoms with van der Waals surface area (Å²) < 4.78 is 5.47. The van der Waals surface area contributed by atoms with Gasteiger partial charge in [-0.2, -0.15) is 0 Å². The third kappa shape index (κ3) is 4.12. The molecule has 3 rings (SSSR count). The number of hydrogen-bond acceptors (Lipinski definition) is 5. The molecule has 0 spiro atoms. The molecule has 2 aromatic rings. The van der Waals surface area contributed by atoms with Crippen molar-refractivity contribution >= 4 is 17.5 Å².